The lowest BCUT2D eigenvalue weighted by Crippen LogP contribution is -2.39. The van der Waals surface area contributed by atoms with Crippen LogP contribution in [0.1, 0.15) is 28.6 Å². The largest absolute Gasteiger partial charge is 0.459 e. The normalized spacial score (nSPS) is 16.5. The molecule has 0 aliphatic carbocycles. The molecule has 2 aromatic rings. The Labute approximate surface area is 140 Å². The van der Waals surface area contributed by atoms with Crippen LogP contribution >= 0.6 is 0 Å². The highest BCUT2D eigenvalue weighted by molar-refractivity contribution is 5.91. The van der Waals surface area contributed by atoms with Crippen molar-refractivity contribution in [2.45, 2.75) is 12.5 Å². The molecule has 3 rings (SSSR count). The van der Waals surface area contributed by atoms with Crippen molar-refractivity contribution in [1.29, 1.82) is 0 Å². The van der Waals surface area contributed by atoms with Gasteiger partial charge in [0.2, 0.25) is 0 Å². The SMILES string of the molecule is O=C(c1ccco1)N1CCCN(C(=O)[C@H](O)c2ccccc2)CC1. The average Bonchev–Trinajstić information content (AvgIpc) is 3.05. The Hall–Kier alpha value is -2.60. The van der Waals surface area contributed by atoms with Crippen molar-refractivity contribution >= 4 is 11.8 Å². The van der Waals surface area contributed by atoms with Gasteiger partial charge < -0.3 is 19.3 Å². The van der Waals surface area contributed by atoms with Crippen LogP contribution < -0.4 is 0 Å². The Morgan fingerprint density at radius 2 is 1.67 bits per heavy atom. The standard InChI is InChI=1S/C18H20N2O4/c21-16(14-6-2-1-3-7-14)18(23)20-10-5-9-19(11-12-20)17(22)15-8-4-13-24-15/h1-4,6-8,13,16,21H,5,9-12H2/t16-/m1/s1. The molecule has 2 amide bonds. The fourth-order valence-electron chi connectivity index (χ4n) is 2.85. The van der Waals surface area contributed by atoms with E-state index in [0.717, 1.165) is 0 Å². The lowest BCUT2D eigenvalue weighted by atomic mass is 10.1. The number of carbonyl (C=O) groups is 2. The predicted octanol–water partition coefficient (Wildman–Crippen LogP) is 1.69. The van der Waals surface area contributed by atoms with E-state index in [1.54, 1.807) is 46.2 Å². The van der Waals surface area contributed by atoms with Gasteiger partial charge >= 0.3 is 0 Å². The molecular weight excluding hydrogens is 308 g/mol. The molecule has 1 aromatic carbocycles. The van der Waals surface area contributed by atoms with Crippen molar-refractivity contribution in [2.24, 2.45) is 0 Å². The molecule has 1 aromatic heterocycles. The number of furan rings is 1. The molecule has 6 heteroatoms. The number of hydrogen-bond donors (Lipinski definition) is 1. The van der Waals surface area contributed by atoms with Crippen LogP contribution in [-0.4, -0.2) is 52.9 Å². The zero-order valence-corrected chi connectivity index (χ0v) is 13.3. The fourth-order valence-corrected chi connectivity index (χ4v) is 2.85. The first kappa shape index (κ1) is 16.3. The minimum Gasteiger partial charge on any atom is -0.459 e. The van der Waals surface area contributed by atoms with Crippen molar-refractivity contribution in [3.63, 3.8) is 0 Å². The molecular formula is C18H20N2O4. The second-order valence-electron chi connectivity index (χ2n) is 5.76. The van der Waals surface area contributed by atoms with Crippen LogP contribution in [0.3, 0.4) is 0 Å². The summed E-state index contributed by atoms with van der Waals surface area (Å²) in [5.41, 5.74) is 0.579. The molecule has 2 heterocycles. The summed E-state index contributed by atoms with van der Waals surface area (Å²) in [6.07, 6.45) is 0.968. The smallest absolute Gasteiger partial charge is 0.289 e. The Morgan fingerprint density at radius 3 is 2.38 bits per heavy atom. The molecule has 126 valence electrons. The van der Waals surface area contributed by atoms with Gasteiger partial charge in [-0.3, -0.25) is 9.59 Å². The summed E-state index contributed by atoms with van der Waals surface area (Å²) < 4.78 is 5.15. The van der Waals surface area contributed by atoms with Gasteiger partial charge in [-0.1, -0.05) is 30.3 Å². The highest BCUT2D eigenvalue weighted by Gasteiger charge is 2.27. The van der Waals surface area contributed by atoms with E-state index in [1.807, 2.05) is 6.07 Å². The first-order valence-corrected chi connectivity index (χ1v) is 8.01. The maximum Gasteiger partial charge on any atom is 0.289 e. The van der Waals surface area contributed by atoms with Crippen LogP contribution in [0.2, 0.25) is 0 Å². The van der Waals surface area contributed by atoms with Crippen LogP contribution in [0.15, 0.2) is 53.1 Å². The van der Waals surface area contributed by atoms with Crippen molar-refractivity contribution in [3.8, 4) is 0 Å². The van der Waals surface area contributed by atoms with Crippen LogP contribution in [0.25, 0.3) is 0 Å². The van der Waals surface area contributed by atoms with Gasteiger partial charge in [-0.25, -0.2) is 0 Å². The third kappa shape index (κ3) is 3.49. The summed E-state index contributed by atoms with van der Waals surface area (Å²) in [6, 6.07) is 12.2. The Bertz CT molecular complexity index is 684. The van der Waals surface area contributed by atoms with Crippen molar-refractivity contribution in [2.75, 3.05) is 26.2 Å². The van der Waals surface area contributed by atoms with Gasteiger partial charge in [0.1, 0.15) is 0 Å². The topological polar surface area (TPSA) is 74.0 Å². The molecule has 1 fully saturated rings. The number of hydrogen-bond acceptors (Lipinski definition) is 4. The zero-order chi connectivity index (χ0) is 16.9. The van der Waals surface area contributed by atoms with Gasteiger partial charge in [0, 0.05) is 26.2 Å². The zero-order valence-electron chi connectivity index (χ0n) is 13.3. The molecule has 0 saturated carbocycles. The van der Waals surface area contributed by atoms with Crippen molar-refractivity contribution in [3.05, 3.63) is 60.1 Å². The van der Waals surface area contributed by atoms with E-state index in [-0.39, 0.29) is 11.8 Å². The Kier molecular flexibility index (Phi) is 4.96. The molecule has 0 unspecified atom stereocenters. The lowest BCUT2D eigenvalue weighted by molar-refractivity contribution is -0.140. The minimum absolute atomic E-state index is 0.169. The Morgan fingerprint density at radius 1 is 0.958 bits per heavy atom. The summed E-state index contributed by atoms with van der Waals surface area (Å²) in [5.74, 6) is -0.189. The summed E-state index contributed by atoms with van der Waals surface area (Å²) in [4.78, 5) is 28.1. The van der Waals surface area contributed by atoms with E-state index < -0.39 is 6.10 Å². The molecule has 1 aliphatic rings. The predicted molar refractivity (Wildman–Crippen MR) is 87.2 cm³/mol. The lowest BCUT2D eigenvalue weighted by Gasteiger charge is -2.24. The van der Waals surface area contributed by atoms with Gasteiger partial charge in [0.25, 0.3) is 11.8 Å². The first-order chi connectivity index (χ1) is 11.7. The minimum atomic E-state index is -1.17. The molecule has 1 atom stereocenters. The van der Waals surface area contributed by atoms with Gasteiger partial charge in [-0.15, -0.1) is 0 Å². The number of aliphatic hydroxyl groups excluding tert-OH is 1. The molecule has 0 spiro atoms. The van der Waals surface area contributed by atoms with E-state index >= 15 is 0 Å². The van der Waals surface area contributed by atoms with Crippen LogP contribution in [0.4, 0.5) is 0 Å². The monoisotopic (exact) mass is 328 g/mol. The maximum atomic E-state index is 12.5. The number of benzene rings is 1. The molecule has 0 bridgehead atoms. The highest BCUT2D eigenvalue weighted by atomic mass is 16.3. The quantitative estimate of drug-likeness (QED) is 0.930. The number of rotatable bonds is 3. The molecule has 1 N–H and O–H groups in total. The molecule has 1 aliphatic heterocycles. The Balaban J connectivity index is 1.63. The highest BCUT2D eigenvalue weighted by Crippen LogP contribution is 2.17. The molecule has 6 nitrogen and oxygen atoms in total. The third-order valence-corrected chi connectivity index (χ3v) is 4.18. The van der Waals surface area contributed by atoms with Crippen molar-refractivity contribution in [1.82, 2.24) is 9.80 Å². The number of nitrogens with zero attached hydrogens (tertiary/aromatic N) is 2. The number of amides is 2. The summed E-state index contributed by atoms with van der Waals surface area (Å²) in [6.45, 7) is 1.90. The van der Waals surface area contributed by atoms with Crippen LogP contribution in [0, 0.1) is 0 Å². The van der Waals surface area contributed by atoms with Crippen LogP contribution in [-0.2, 0) is 4.79 Å². The number of carbonyl (C=O) groups excluding carboxylic acids is 2. The van der Waals surface area contributed by atoms with E-state index in [0.29, 0.717) is 43.9 Å². The van der Waals surface area contributed by atoms with Crippen LogP contribution in [0.5, 0.6) is 0 Å². The number of aliphatic hydroxyl groups is 1. The molecule has 1 saturated heterocycles. The molecule has 24 heavy (non-hydrogen) atoms. The van der Waals surface area contributed by atoms with E-state index in [9.17, 15) is 14.7 Å². The van der Waals surface area contributed by atoms with Gasteiger partial charge in [0.05, 0.1) is 6.26 Å². The first-order valence-electron chi connectivity index (χ1n) is 8.01. The van der Waals surface area contributed by atoms with Gasteiger partial charge in [-0.05, 0) is 24.1 Å². The second kappa shape index (κ2) is 7.31. The molecule has 0 radical (unpaired) electrons. The average molecular weight is 328 g/mol. The van der Waals surface area contributed by atoms with E-state index in [4.69, 9.17) is 4.42 Å². The summed E-state index contributed by atoms with van der Waals surface area (Å²) in [7, 11) is 0. The van der Waals surface area contributed by atoms with Crippen molar-refractivity contribution < 1.29 is 19.1 Å². The van der Waals surface area contributed by atoms with E-state index in [1.165, 1.54) is 6.26 Å². The fraction of sp³-hybridized carbons (Fsp3) is 0.333. The van der Waals surface area contributed by atoms with Gasteiger partial charge in [-0.2, -0.15) is 0 Å². The summed E-state index contributed by atoms with van der Waals surface area (Å²) >= 11 is 0. The maximum absolute atomic E-state index is 12.5. The third-order valence-electron chi connectivity index (χ3n) is 4.18. The van der Waals surface area contributed by atoms with Gasteiger partial charge in [0.15, 0.2) is 11.9 Å². The summed E-state index contributed by atoms with van der Waals surface area (Å²) in [5, 5.41) is 10.3. The van der Waals surface area contributed by atoms with E-state index in [2.05, 4.69) is 0 Å². The second-order valence-corrected chi connectivity index (χ2v) is 5.76.